The molecule has 1 heterocycles. The molecule has 0 spiro atoms. The number of fused-ring (bicyclic) bond motifs is 1. The second kappa shape index (κ2) is 7.86. The first-order valence-electron chi connectivity index (χ1n) is 9.60. The maximum Gasteiger partial charge on any atom is 0.416 e. The van der Waals surface area contributed by atoms with E-state index in [4.69, 9.17) is 4.74 Å². The zero-order valence-electron chi connectivity index (χ0n) is 16.0. The average molecular weight is 438 g/mol. The van der Waals surface area contributed by atoms with Crippen LogP contribution in [0.15, 0.2) is 48.7 Å². The molecular weight excluding hydrogens is 417 g/mol. The van der Waals surface area contributed by atoms with Crippen LogP contribution in [0, 0.1) is 5.92 Å². The lowest BCUT2D eigenvalue weighted by molar-refractivity contribution is -0.137. The van der Waals surface area contributed by atoms with Crippen molar-refractivity contribution in [1.82, 2.24) is 4.98 Å². The number of ether oxygens (including phenoxy) is 1. The monoisotopic (exact) mass is 438 g/mol. The van der Waals surface area contributed by atoms with Crippen molar-refractivity contribution in [2.45, 2.75) is 25.4 Å². The van der Waals surface area contributed by atoms with Crippen LogP contribution in [0.25, 0.3) is 10.9 Å². The molecule has 0 radical (unpaired) electrons. The minimum Gasteiger partial charge on any atom is -0.493 e. The molecule has 3 aromatic rings. The predicted octanol–water partition coefficient (Wildman–Crippen LogP) is 4.96. The fourth-order valence-corrected chi connectivity index (χ4v) is 4.77. The number of alkyl halides is 3. The van der Waals surface area contributed by atoms with Gasteiger partial charge >= 0.3 is 6.18 Å². The molecule has 0 unspecified atom stereocenters. The Morgan fingerprint density at radius 2 is 1.83 bits per heavy atom. The second-order valence-corrected chi connectivity index (χ2v) is 9.30. The number of halogens is 3. The number of rotatable bonds is 8. The van der Waals surface area contributed by atoms with Gasteiger partial charge in [0, 0.05) is 23.5 Å². The summed E-state index contributed by atoms with van der Waals surface area (Å²) in [6.45, 7) is 0.282. The summed E-state index contributed by atoms with van der Waals surface area (Å²) < 4.78 is 70.8. The summed E-state index contributed by atoms with van der Waals surface area (Å²) in [4.78, 5) is 3.03. The summed E-state index contributed by atoms with van der Waals surface area (Å²) in [5.41, 5.74) is 1.30. The third-order valence-corrected chi connectivity index (χ3v) is 6.45. The molecule has 1 aliphatic carbocycles. The smallest absolute Gasteiger partial charge is 0.416 e. The molecule has 0 bridgehead atoms. The summed E-state index contributed by atoms with van der Waals surface area (Å²) in [5, 5.41) is 0.696. The van der Waals surface area contributed by atoms with Gasteiger partial charge in [0.1, 0.15) is 5.75 Å². The number of hydrogen-bond donors (Lipinski definition) is 2. The third-order valence-electron chi connectivity index (χ3n) is 5.01. The van der Waals surface area contributed by atoms with E-state index in [0.717, 1.165) is 36.1 Å². The summed E-state index contributed by atoms with van der Waals surface area (Å²) in [7, 11) is -3.40. The molecule has 160 valence electrons. The number of hydrogen-bond acceptors (Lipinski definition) is 3. The molecule has 1 fully saturated rings. The van der Waals surface area contributed by atoms with E-state index in [1.54, 1.807) is 24.4 Å². The molecule has 0 atom stereocenters. The van der Waals surface area contributed by atoms with Gasteiger partial charge in [-0.3, -0.25) is 4.72 Å². The maximum absolute atomic E-state index is 12.6. The van der Waals surface area contributed by atoms with Crippen molar-refractivity contribution in [3.05, 3.63) is 59.8 Å². The van der Waals surface area contributed by atoms with Crippen LogP contribution in [-0.4, -0.2) is 25.8 Å². The Morgan fingerprint density at radius 3 is 2.50 bits per heavy atom. The second-order valence-electron chi connectivity index (χ2n) is 7.53. The van der Waals surface area contributed by atoms with Gasteiger partial charge in [-0.2, -0.15) is 13.2 Å². The Balaban J connectivity index is 1.39. The van der Waals surface area contributed by atoms with Crippen LogP contribution in [-0.2, 0) is 22.6 Å². The lowest BCUT2D eigenvalue weighted by Gasteiger charge is -2.10. The number of nitrogens with one attached hydrogen (secondary N) is 2. The van der Waals surface area contributed by atoms with Gasteiger partial charge in [-0.25, -0.2) is 8.42 Å². The molecular formula is C21H21F3N2O3S. The van der Waals surface area contributed by atoms with E-state index < -0.39 is 21.8 Å². The fourth-order valence-electron chi connectivity index (χ4n) is 3.23. The first kappa shape index (κ1) is 20.6. The highest BCUT2D eigenvalue weighted by molar-refractivity contribution is 7.92. The highest BCUT2D eigenvalue weighted by Crippen LogP contribution is 2.33. The van der Waals surface area contributed by atoms with Crippen LogP contribution in [0.3, 0.4) is 0 Å². The summed E-state index contributed by atoms with van der Waals surface area (Å²) in [6, 6.07) is 10.3. The Bertz CT molecular complexity index is 1130. The summed E-state index contributed by atoms with van der Waals surface area (Å²) in [6.07, 6.45) is -0.387. The minimum atomic E-state index is -4.35. The third kappa shape index (κ3) is 5.08. The van der Waals surface area contributed by atoms with E-state index in [-0.39, 0.29) is 18.3 Å². The molecule has 1 aromatic heterocycles. The fraction of sp³-hybridized carbons (Fsp3) is 0.333. The van der Waals surface area contributed by atoms with Crippen LogP contribution in [0.1, 0.15) is 24.0 Å². The topological polar surface area (TPSA) is 71.2 Å². The SMILES string of the molecule is O=S(=O)(CC1CC1)Nc1c[nH]c2ccc(OCCc3ccc(C(F)(F)F)cc3)cc12. The van der Waals surface area contributed by atoms with Gasteiger partial charge in [-0.15, -0.1) is 0 Å². The van der Waals surface area contributed by atoms with Crippen LogP contribution in [0.4, 0.5) is 18.9 Å². The lowest BCUT2D eigenvalue weighted by Crippen LogP contribution is -2.17. The summed E-state index contributed by atoms with van der Waals surface area (Å²) in [5.74, 6) is 0.927. The van der Waals surface area contributed by atoms with E-state index in [2.05, 4.69) is 9.71 Å². The average Bonchev–Trinajstić information content (AvgIpc) is 3.40. The van der Waals surface area contributed by atoms with Crippen molar-refractivity contribution in [1.29, 1.82) is 0 Å². The molecule has 0 amide bonds. The molecule has 1 saturated carbocycles. The lowest BCUT2D eigenvalue weighted by atomic mass is 10.1. The van der Waals surface area contributed by atoms with Gasteiger partial charge in [-0.05, 0) is 54.7 Å². The Morgan fingerprint density at radius 1 is 1.10 bits per heavy atom. The maximum atomic E-state index is 12.6. The molecule has 2 aromatic carbocycles. The standard InChI is InChI=1S/C21H21F3N2O3S/c22-21(23,24)16-5-3-14(4-6-16)9-10-29-17-7-8-19-18(11-17)20(12-25-19)26-30(27,28)13-15-1-2-15/h3-8,11-12,15,25-26H,1-2,9-10,13H2. The Kier molecular flexibility index (Phi) is 5.40. The van der Waals surface area contributed by atoms with Crippen LogP contribution >= 0.6 is 0 Å². The van der Waals surface area contributed by atoms with Crippen LogP contribution < -0.4 is 9.46 Å². The predicted molar refractivity (Wildman–Crippen MR) is 109 cm³/mol. The van der Waals surface area contributed by atoms with Crippen molar-refractivity contribution in [3.63, 3.8) is 0 Å². The highest BCUT2D eigenvalue weighted by atomic mass is 32.2. The van der Waals surface area contributed by atoms with Gasteiger partial charge in [0.05, 0.1) is 23.6 Å². The quantitative estimate of drug-likeness (QED) is 0.522. The molecule has 30 heavy (non-hydrogen) atoms. The largest absolute Gasteiger partial charge is 0.493 e. The highest BCUT2D eigenvalue weighted by Gasteiger charge is 2.30. The number of H-pyrrole nitrogens is 1. The van der Waals surface area contributed by atoms with Gasteiger partial charge in [0.25, 0.3) is 0 Å². The van der Waals surface area contributed by atoms with Crippen LogP contribution in [0.2, 0.25) is 0 Å². The first-order chi connectivity index (χ1) is 14.2. The molecule has 0 aliphatic heterocycles. The van der Waals surface area contributed by atoms with Gasteiger partial charge in [0.15, 0.2) is 0 Å². The van der Waals surface area contributed by atoms with Crippen molar-refractivity contribution in [3.8, 4) is 5.75 Å². The molecule has 4 rings (SSSR count). The van der Waals surface area contributed by atoms with Crippen molar-refractivity contribution in [2.75, 3.05) is 17.1 Å². The van der Waals surface area contributed by atoms with Gasteiger partial charge < -0.3 is 9.72 Å². The van der Waals surface area contributed by atoms with Crippen LogP contribution in [0.5, 0.6) is 5.75 Å². The van der Waals surface area contributed by atoms with Crippen molar-refractivity contribution >= 4 is 26.6 Å². The number of aromatic nitrogens is 1. The molecule has 9 heteroatoms. The number of benzene rings is 2. The van der Waals surface area contributed by atoms with Crippen molar-refractivity contribution < 1.29 is 26.3 Å². The minimum absolute atomic E-state index is 0.128. The number of sulfonamides is 1. The Hall–Kier alpha value is -2.68. The van der Waals surface area contributed by atoms with Crippen molar-refractivity contribution in [2.24, 2.45) is 5.92 Å². The Labute approximate surface area is 172 Å². The van der Waals surface area contributed by atoms with E-state index in [9.17, 15) is 21.6 Å². The van der Waals surface area contributed by atoms with E-state index in [0.29, 0.717) is 23.2 Å². The number of anilines is 1. The molecule has 5 nitrogen and oxygen atoms in total. The normalized spacial score (nSPS) is 14.8. The van der Waals surface area contributed by atoms with E-state index >= 15 is 0 Å². The van der Waals surface area contributed by atoms with Gasteiger partial charge in [-0.1, -0.05) is 12.1 Å². The zero-order chi connectivity index (χ0) is 21.4. The molecule has 2 N–H and O–H groups in total. The molecule has 1 aliphatic rings. The molecule has 0 saturated heterocycles. The van der Waals surface area contributed by atoms with E-state index in [1.807, 2.05) is 0 Å². The zero-order valence-corrected chi connectivity index (χ0v) is 16.8. The summed E-state index contributed by atoms with van der Waals surface area (Å²) >= 11 is 0. The van der Waals surface area contributed by atoms with Gasteiger partial charge in [0.2, 0.25) is 10.0 Å². The number of aromatic amines is 1. The first-order valence-corrected chi connectivity index (χ1v) is 11.3. The van der Waals surface area contributed by atoms with E-state index in [1.165, 1.54) is 12.1 Å².